The second kappa shape index (κ2) is 9.74. The summed E-state index contributed by atoms with van der Waals surface area (Å²) in [6.07, 6.45) is 0.965. The largest absolute Gasteiger partial charge is 0.338 e. The van der Waals surface area contributed by atoms with Crippen molar-refractivity contribution in [3.63, 3.8) is 0 Å². The van der Waals surface area contributed by atoms with Crippen LogP contribution < -0.4 is 26.0 Å². The minimum atomic E-state index is -3.64. The first-order valence-electron chi connectivity index (χ1n) is 8.93. The van der Waals surface area contributed by atoms with E-state index in [2.05, 4.69) is 26.0 Å². The van der Waals surface area contributed by atoms with E-state index in [0.29, 0.717) is 23.6 Å². The molecule has 5 N–H and O–H groups in total. The van der Waals surface area contributed by atoms with Gasteiger partial charge in [0, 0.05) is 30.5 Å². The van der Waals surface area contributed by atoms with Gasteiger partial charge in [0.05, 0.1) is 17.5 Å². The number of urea groups is 1. The van der Waals surface area contributed by atoms with Crippen LogP contribution >= 0.6 is 0 Å². The molecule has 0 atom stereocenters. The predicted octanol–water partition coefficient (Wildman–Crippen LogP) is 2.41. The third kappa shape index (κ3) is 7.09. The molecule has 0 aliphatic rings. The van der Waals surface area contributed by atoms with Gasteiger partial charge >= 0.3 is 6.03 Å². The van der Waals surface area contributed by atoms with Gasteiger partial charge in [0.15, 0.2) is 0 Å². The minimum absolute atomic E-state index is 0.00811. The predicted molar refractivity (Wildman–Crippen MR) is 116 cm³/mol. The van der Waals surface area contributed by atoms with Gasteiger partial charge in [0.1, 0.15) is 0 Å². The van der Waals surface area contributed by atoms with Crippen molar-refractivity contribution in [1.82, 2.24) is 5.32 Å². The maximum Gasteiger partial charge on any atom is 0.319 e. The molecule has 4 amide bonds. The number of benzene rings is 2. The van der Waals surface area contributed by atoms with E-state index < -0.39 is 15.9 Å². The molecule has 0 aliphatic carbocycles. The Morgan fingerprint density at radius 3 is 2.13 bits per heavy atom. The Morgan fingerprint density at radius 1 is 0.900 bits per heavy atom. The smallest absolute Gasteiger partial charge is 0.319 e. The fraction of sp³-hybridized carbons (Fsp3) is 0.211. The summed E-state index contributed by atoms with van der Waals surface area (Å²) in [4.78, 5) is 35.8. The van der Waals surface area contributed by atoms with Crippen molar-refractivity contribution >= 4 is 50.6 Å². The molecule has 2 aromatic carbocycles. The molecule has 0 saturated carbocycles. The second-order valence-electron chi connectivity index (χ2n) is 6.34. The van der Waals surface area contributed by atoms with Crippen LogP contribution in [0.3, 0.4) is 0 Å². The molecule has 0 unspecified atom stereocenters. The van der Waals surface area contributed by atoms with Crippen LogP contribution in [-0.2, 0) is 14.8 Å². The van der Waals surface area contributed by atoms with Gasteiger partial charge in [-0.25, -0.2) is 13.2 Å². The molecule has 0 heterocycles. The molecule has 0 aliphatic heterocycles. The molecule has 0 saturated heterocycles. The fourth-order valence-electron chi connectivity index (χ4n) is 2.51. The maximum atomic E-state index is 12.8. The molecular formula is C19H23N5O5S. The van der Waals surface area contributed by atoms with Gasteiger partial charge in [-0.2, -0.15) is 0 Å². The van der Waals surface area contributed by atoms with Crippen LogP contribution in [0.1, 0.15) is 24.2 Å². The molecule has 10 nitrogen and oxygen atoms in total. The molecular weight excluding hydrogens is 410 g/mol. The maximum absolute atomic E-state index is 12.8. The first kappa shape index (κ1) is 22.7. The summed E-state index contributed by atoms with van der Waals surface area (Å²) in [6, 6.07) is 10.3. The SMILES string of the molecule is CCNC(=O)Nc1cccc(NC(=O)c2cc(NC(C)=O)ccc2NS(C)(=O)=O)c1. The van der Waals surface area contributed by atoms with Crippen molar-refractivity contribution in [3.8, 4) is 0 Å². The molecule has 2 rings (SSSR count). The van der Waals surface area contributed by atoms with Crippen molar-refractivity contribution in [1.29, 1.82) is 0 Å². The van der Waals surface area contributed by atoms with Crippen LogP contribution in [0.15, 0.2) is 42.5 Å². The van der Waals surface area contributed by atoms with Crippen LogP contribution in [0.5, 0.6) is 0 Å². The average Bonchev–Trinajstić information content (AvgIpc) is 2.61. The van der Waals surface area contributed by atoms with Crippen molar-refractivity contribution in [3.05, 3.63) is 48.0 Å². The summed E-state index contributed by atoms with van der Waals surface area (Å²) < 4.78 is 25.6. The van der Waals surface area contributed by atoms with E-state index in [-0.39, 0.29) is 23.2 Å². The Balaban J connectivity index is 2.30. The Morgan fingerprint density at radius 2 is 1.53 bits per heavy atom. The first-order valence-corrected chi connectivity index (χ1v) is 10.8. The van der Waals surface area contributed by atoms with Crippen molar-refractivity contribution < 1.29 is 22.8 Å². The lowest BCUT2D eigenvalue weighted by Gasteiger charge is -2.14. The van der Waals surface area contributed by atoms with E-state index in [9.17, 15) is 22.8 Å². The van der Waals surface area contributed by atoms with Gasteiger partial charge in [-0.05, 0) is 43.3 Å². The van der Waals surface area contributed by atoms with E-state index in [1.807, 2.05) is 0 Å². The lowest BCUT2D eigenvalue weighted by molar-refractivity contribution is -0.114. The summed E-state index contributed by atoms with van der Waals surface area (Å²) in [5.41, 5.74) is 1.23. The van der Waals surface area contributed by atoms with Gasteiger partial charge in [0.2, 0.25) is 15.9 Å². The van der Waals surface area contributed by atoms with Crippen LogP contribution in [0.4, 0.5) is 27.5 Å². The second-order valence-corrected chi connectivity index (χ2v) is 8.08. The van der Waals surface area contributed by atoms with Crippen molar-refractivity contribution in [2.45, 2.75) is 13.8 Å². The monoisotopic (exact) mass is 433 g/mol. The Kier molecular flexibility index (Phi) is 7.37. The molecule has 160 valence electrons. The van der Waals surface area contributed by atoms with E-state index in [1.165, 1.54) is 25.1 Å². The molecule has 0 spiro atoms. The summed E-state index contributed by atoms with van der Waals surface area (Å²) in [7, 11) is -3.64. The summed E-state index contributed by atoms with van der Waals surface area (Å²) in [6.45, 7) is 3.56. The van der Waals surface area contributed by atoms with Crippen LogP contribution in [0, 0.1) is 0 Å². The normalized spacial score (nSPS) is 10.6. The number of amides is 4. The highest BCUT2D eigenvalue weighted by Gasteiger charge is 2.16. The summed E-state index contributed by atoms with van der Waals surface area (Å²) in [5.74, 6) is -0.946. The lowest BCUT2D eigenvalue weighted by Crippen LogP contribution is -2.28. The Labute approximate surface area is 174 Å². The topological polar surface area (TPSA) is 146 Å². The van der Waals surface area contributed by atoms with Gasteiger partial charge in [-0.1, -0.05) is 6.07 Å². The molecule has 11 heteroatoms. The highest BCUT2D eigenvalue weighted by atomic mass is 32.2. The quantitative estimate of drug-likeness (QED) is 0.455. The van der Waals surface area contributed by atoms with Gasteiger partial charge in [0.25, 0.3) is 5.91 Å². The number of hydrogen-bond acceptors (Lipinski definition) is 5. The number of rotatable bonds is 7. The fourth-order valence-corrected chi connectivity index (χ4v) is 3.09. The average molecular weight is 433 g/mol. The van der Waals surface area contributed by atoms with Crippen LogP contribution in [0.25, 0.3) is 0 Å². The number of carbonyl (C=O) groups is 3. The Bertz CT molecular complexity index is 1070. The highest BCUT2D eigenvalue weighted by Crippen LogP contribution is 2.24. The zero-order valence-electron chi connectivity index (χ0n) is 16.7. The zero-order chi connectivity index (χ0) is 22.3. The van der Waals surface area contributed by atoms with E-state index in [0.717, 1.165) is 6.26 Å². The number of hydrogen-bond donors (Lipinski definition) is 5. The summed E-state index contributed by atoms with van der Waals surface area (Å²) in [5, 5.41) is 10.4. The molecule has 0 aromatic heterocycles. The molecule has 0 bridgehead atoms. The minimum Gasteiger partial charge on any atom is -0.338 e. The standard InChI is InChI=1S/C19H23N5O5S/c1-4-20-19(27)23-14-7-5-6-13(10-14)22-18(26)16-11-15(21-12(2)25)8-9-17(16)24-30(3,28)29/h5-11,24H,4H2,1-3H3,(H,21,25)(H,22,26)(H2,20,23,27). The lowest BCUT2D eigenvalue weighted by atomic mass is 10.1. The summed E-state index contributed by atoms with van der Waals surface area (Å²) >= 11 is 0. The molecule has 2 aromatic rings. The molecule has 30 heavy (non-hydrogen) atoms. The van der Waals surface area contributed by atoms with Gasteiger partial charge < -0.3 is 21.3 Å². The third-order valence-electron chi connectivity index (χ3n) is 3.60. The zero-order valence-corrected chi connectivity index (χ0v) is 17.5. The Hall–Kier alpha value is -3.60. The van der Waals surface area contributed by atoms with Gasteiger partial charge in [-0.3, -0.25) is 14.3 Å². The van der Waals surface area contributed by atoms with Gasteiger partial charge in [-0.15, -0.1) is 0 Å². The van der Waals surface area contributed by atoms with E-state index in [4.69, 9.17) is 0 Å². The number of nitrogens with one attached hydrogen (secondary N) is 5. The van der Waals surface area contributed by atoms with Crippen LogP contribution in [-0.4, -0.2) is 39.1 Å². The van der Waals surface area contributed by atoms with Crippen molar-refractivity contribution in [2.24, 2.45) is 0 Å². The number of anilines is 4. The third-order valence-corrected chi connectivity index (χ3v) is 4.19. The molecule has 0 radical (unpaired) electrons. The highest BCUT2D eigenvalue weighted by molar-refractivity contribution is 7.92. The number of carbonyl (C=O) groups excluding carboxylic acids is 3. The van der Waals surface area contributed by atoms with E-state index >= 15 is 0 Å². The van der Waals surface area contributed by atoms with E-state index in [1.54, 1.807) is 31.2 Å². The number of sulfonamides is 1. The molecule has 0 fully saturated rings. The van der Waals surface area contributed by atoms with Crippen molar-refractivity contribution in [2.75, 3.05) is 33.5 Å². The van der Waals surface area contributed by atoms with Crippen LogP contribution in [0.2, 0.25) is 0 Å². The first-order chi connectivity index (χ1) is 14.1.